The molecule has 1 amide bonds. The zero-order chi connectivity index (χ0) is 45.5. The summed E-state index contributed by atoms with van der Waals surface area (Å²) in [4.78, 5) is 28.4. The average Bonchev–Trinajstić information content (AvgIpc) is 3.27. The number of nitrogens with zero attached hydrogens (tertiary/aromatic N) is 1. The summed E-state index contributed by atoms with van der Waals surface area (Å²) in [5, 5.41) is 11.3. The van der Waals surface area contributed by atoms with Gasteiger partial charge in [0.2, 0.25) is 5.91 Å². The van der Waals surface area contributed by atoms with Crippen LogP contribution in [0.25, 0.3) is 0 Å². The second-order valence-corrected chi connectivity index (χ2v) is 19.9. The summed E-state index contributed by atoms with van der Waals surface area (Å²) in [7, 11) is -3.03. The Balaban J connectivity index is 1.16. The van der Waals surface area contributed by atoms with Crippen LogP contribution in [-0.2, 0) is 65.1 Å². The first kappa shape index (κ1) is 46.6. The molecule has 1 N–H and O–H groups in total. The Kier molecular flexibility index (Phi) is 14.7. The van der Waals surface area contributed by atoms with E-state index in [2.05, 4.69) is 18.2 Å². The van der Waals surface area contributed by atoms with Gasteiger partial charge in [-0.05, 0) is 123 Å². The van der Waals surface area contributed by atoms with E-state index in [0.29, 0.717) is 50.0 Å². The first-order valence-corrected chi connectivity index (χ1v) is 24.0. The van der Waals surface area contributed by atoms with Crippen LogP contribution in [0.2, 0.25) is 0 Å². The van der Waals surface area contributed by atoms with Gasteiger partial charge in [0.15, 0.2) is 5.79 Å². The molecule has 0 radical (unpaired) electrons. The summed E-state index contributed by atoms with van der Waals surface area (Å²) in [5.41, 5.74) is 5.90. The van der Waals surface area contributed by atoms with Crippen LogP contribution in [0, 0.1) is 11.7 Å². The highest BCUT2D eigenvalue weighted by molar-refractivity contribution is 7.90. The minimum atomic E-state index is -3.03. The first-order chi connectivity index (χ1) is 30.6. The maximum atomic E-state index is 14.4. The van der Waals surface area contributed by atoms with Crippen molar-refractivity contribution in [1.82, 2.24) is 0 Å². The number of rotatable bonds is 19. The van der Waals surface area contributed by atoms with Crippen molar-refractivity contribution in [3.05, 3.63) is 166 Å². The second-order valence-electron chi connectivity index (χ2n) is 17.6. The van der Waals surface area contributed by atoms with Crippen LogP contribution >= 0.6 is 0 Å². The number of carbonyl (C=O) groups excluding carboxylic acids is 2. The highest BCUT2D eigenvalue weighted by Gasteiger charge is 2.50. The fraction of sp³-hybridized carbons (Fsp3) is 0.385. The van der Waals surface area contributed by atoms with Gasteiger partial charge < -0.3 is 29.0 Å². The predicted molar refractivity (Wildman–Crippen MR) is 244 cm³/mol. The Hall–Kier alpha value is -5.40. The van der Waals surface area contributed by atoms with E-state index in [1.165, 1.54) is 25.3 Å². The molecule has 5 aromatic carbocycles. The molecule has 0 unspecified atom stereocenters. The van der Waals surface area contributed by atoms with Crippen molar-refractivity contribution in [1.29, 1.82) is 0 Å². The number of amides is 1. The molecule has 2 heterocycles. The van der Waals surface area contributed by atoms with E-state index in [1.807, 2.05) is 92.7 Å². The lowest BCUT2D eigenvalue weighted by Gasteiger charge is -2.48. The number of hydrogen-bond donors (Lipinski definition) is 1. The molecule has 2 saturated heterocycles. The number of β-lactam (4-membered cyclic amide) rings is 1. The van der Waals surface area contributed by atoms with Crippen molar-refractivity contribution in [3.63, 3.8) is 0 Å². The zero-order valence-electron chi connectivity index (χ0n) is 37.0. The smallest absolute Gasteiger partial charge is 0.303 e. The number of aryl methyl sites for hydroxylation is 3. The normalized spacial score (nSPS) is 18.5. The number of esters is 1. The van der Waals surface area contributed by atoms with Crippen molar-refractivity contribution < 1.29 is 46.5 Å². The zero-order valence-corrected chi connectivity index (χ0v) is 37.8. The topological polar surface area (TPSA) is 129 Å². The SMILES string of the molecule is CC(=O)O[C@@H](CC[C@H]1C(=O)N(c2ccc(CCCCS(C)(=O)=O)cc2)[C@@H]1c1ccc(CCc2ccc(C3(O)COC(C)(C)OC3)cc2)cc1OCc1ccccc1)c1ccc(F)cc1. The van der Waals surface area contributed by atoms with Gasteiger partial charge in [-0.2, -0.15) is 0 Å². The lowest BCUT2D eigenvalue weighted by Crippen LogP contribution is -2.55. The number of ether oxygens (including phenoxy) is 4. The van der Waals surface area contributed by atoms with Crippen LogP contribution in [-0.4, -0.2) is 56.4 Å². The van der Waals surface area contributed by atoms with Gasteiger partial charge in [0, 0.05) is 30.2 Å². The molecule has 2 fully saturated rings. The Labute approximate surface area is 376 Å². The van der Waals surface area contributed by atoms with Gasteiger partial charge in [-0.15, -0.1) is 0 Å². The van der Waals surface area contributed by atoms with Gasteiger partial charge in [-0.1, -0.05) is 91.0 Å². The number of benzene rings is 5. The fourth-order valence-corrected chi connectivity index (χ4v) is 9.17. The number of hydrogen-bond acceptors (Lipinski definition) is 9. The fourth-order valence-electron chi connectivity index (χ4n) is 8.44. The molecule has 3 atom stereocenters. The van der Waals surface area contributed by atoms with Crippen LogP contribution in [0.3, 0.4) is 0 Å². The summed E-state index contributed by atoms with van der Waals surface area (Å²) < 4.78 is 61.1. The van der Waals surface area contributed by atoms with E-state index < -0.39 is 51.1 Å². The molecule has 338 valence electrons. The van der Waals surface area contributed by atoms with Gasteiger partial charge in [-0.3, -0.25) is 9.59 Å². The van der Waals surface area contributed by atoms with Crippen LogP contribution in [0.5, 0.6) is 5.75 Å². The van der Waals surface area contributed by atoms with Crippen molar-refractivity contribution in [2.24, 2.45) is 5.92 Å². The number of sulfone groups is 1. The number of unbranched alkanes of at least 4 members (excludes halogenated alkanes) is 1. The molecular formula is C52H58FNO9S. The summed E-state index contributed by atoms with van der Waals surface area (Å²) in [6.45, 7) is 5.59. The molecule has 2 aliphatic rings. The molecule has 0 spiro atoms. The second kappa shape index (κ2) is 20.2. The van der Waals surface area contributed by atoms with Gasteiger partial charge in [0.05, 0.1) is 25.2 Å². The number of carbonyl (C=O) groups is 2. The van der Waals surface area contributed by atoms with Crippen molar-refractivity contribution in [2.45, 2.75) is 95.9 Å². The van der Waals surface area contributed by atoms with Crippen molar-refractivity contribution >= 4 is 27.4 Å². The molecule has 64 heavy (non-hydrogen) atoms. The van der Waals surface area contributed by atoms with Crippen LogP contribution < -0.4 is 9.64 Å². The first-order valence-electron chi connectivity index (χ1n) is 22.0. The monoisotopic (exact) mass is 891 g/mol. The molecule has 0 aliphatic carbocycles. The third-order valence-corrected chi connectivity index (χ3v) is 13.1. The van der Waals surface area contributed by atoms with Crippen molar-refractivity contribution in [3.8, 4) is 5.75 Å². The Bertz CT molecular complexity index is 2470. The maximum Gasteiger partial charge on any atom is 0.303 e. The summed E-state index contributed by atoms with van der Waals surface area (Å²) in [6, 6.07) is 37.3. The highest BCUT2D eigenvalue weighted by Crippen LogP contribution is 2.49. The third kappa shape index (κ3) is 12.0. The van der Waals surface area contributed by atoms with E-state index >= 15 is 0 Å². The lowest BCUT2D eigenvalue weighted by molar-refractivity contribution is -0.305. The van der Waals surface area contributed by atoms with Crippen LogP contribution in [0.1, 0.15) is 97.5 Å². The van der Waals surface area contributed by atoms with Gasteiger partial charge in [0.25, 0.3) is 0 Å². The summed E-state index contributed by atoms with van der Waals surface area (Å²) >= 11 is 0. The summed E-state index contributed by atoms with van der Waals surface area (Å²) in [5.74, 6) is -1.37. The predicted octanol–water partition coefficient (Wildman–Crippen LogP) is 9.32. The molecular weight excluding hydrogens is 834 g/mol. The Morgan fingerprint density at radius 2 is 1.45 bits per heavy atom. The maximum absolute atomic E-state index is 14.4. The minimum absolute atomic E-state index is 0.0761. The molecule has 2 aliphatic heterocycles. The van der Waals surface area contributed by atoms with E-state index in [4.69, 9.17) is 18.9 Å². The number of anilines is 1. The molecule has 10 nitrogen and oxygen atoms in total. The van der Waals surface area contributed by atoms with Crippen LogP contribution in [0.4, 0.5) is 10.1 Å². The van der Waals surface area contributed by atoms with E-state index in [0.717, 1.165) is 51.9 Å². The Morgan fingerprint density at radius 3 is 2.11 bits per heavy atom. The quantitative estimate of drug-likeness (QED) is 0.0490. The molecule has 0 aromatic heterocycles. The number of halogens is 1. The van der Waals surface area contributed by atoms with E-state index in [9.17, 15) is 27.5 Å². The Morgan fingerprint density at radius 1 is 0.828 bits per heavy atom. The summed E-state index contributed by atoms with van der Waals surface area (Å²) in [6.07, 6.45) is 4.74. The molecule has 7 rings (SSSR count). The largest absolute Gasteiger partial charge is 0.489 e. The van der Waals surface area contributed by atoms with Gasteiger partial charge in [-0.25, -0.2) is 12.8 Å². The highest BCUT2D eigenvalue weighted by atomic mass is 32.2. The number of aliphatic hydroxyl groups is 1. The molecule has 5 aromatic rings. The molecule has 0 bridgehead atoms. The van der Waals surface area contributed by atoms with Gasteiger partial charge in [0.1, 0.15) is 39.7 Å². The minimum Gasteiger partial charge on any atom is -0.489 e. The molecule has 0 saturated carbocycles. The van der Waals surface area contributed by atoms with Crippen LogP contribution in [0.15, 0.2) is 121 Å². The van der Waals surface area contributed by atoms with E-state index in [1.54, 1.807) is 17.0 Å². The average molecular weight is 892 g/mol. The lowest BCUT2D eigenvalue weighted by atomic mass is 9.77. The van der Waals surface area contributed by atoms with Crippen molar-refractivity contribution in [2.75, 3.05) is 30.1 Å². The van der Waals surface area contributed by atoms with E-state index in [-0.39, 0.29) is 24.9 Å². The standard InChI is InChI=1S/C52H58FNO9S/c1-36(55)63-47(41-20-24-43(53)25-21-41)30-29-46-49(54(50(46)56)44-26-17-37(18-27-44)10-8-9-31-64(4,58)59)45-28-19-39(32-48(45)60-33-40-11-6-5-7-12-40)14-13-38-15-22-42(23-16-38)52(57)34-61-51(2,3)62-35-52/h5-7,11-12,15-28,32,46-47,49,57H,8-10,13-14,29-31,33-35H2,1-4H3/t46-,47+,49-/m1/s1. The third-order valence-electron chi connectivity index (χ3n) is 12.1. The van der Waals surface area contributed by atoms with Gasteiger partial charge >= 0.3 is 5.97 Å². The molecule has 12 heteroatoms.